The smallest absolute Gasteiger partial charge is 0.222 e. The van der Waals surface area contributed by atoms with Crippen LogP contribution < -0.4 is 5.32 Å². The Bertz CT molecular complexity index is 182. The number of carbonyl (C=O) groups is 1. The topological polar surface area (TPSA) is 32.3 Å². The van der Waals surface area contributed by atoms with Gasteiger partial charge in [-0.25, -0.2) is 0 Å². The number of unbranched alkanes of at least 4 members (excludes halogenated alkanes) is 2. The van der Waals surface area contributed by atoms with Crippen molar-refractivity contribution in [3.05, 3.63) is 0 Å². The van der Waals surface area contributed by atoms with E-state index in [1.165, 1.54) is 19.3 Å². The van der Waals surface area contributed by atoms with Gasteiger partial charge in [-0.3, -0.25) is 4.79 Å². The fraction of sp³-hybridized carbons (Fsp3) is 0.909. The predicted octanol–water partition coefficient (Wildman–Crippen LogP) is 1.39. The zero-order chi connectivity index (χ0) is 10.4. The summed E-state index contributed by atoms with van der Waals surface area (Å²) in [4.78, 5) is 13.0. The van der Waals surface area contributed by atoms with E-state index >= 15 is 0 Å². The van der Waals surface area contributed by atoms with Crippen molar-refractivity contribution in [2.24, 2.45) is 0 Å². The fourth-order valence-corrected chi connectivity index (χ4v) is 1.86. The van der Waals surface area contributed by atoms with E-state index in [2.05, 4.69) is 12.2 Å². The van der Waals surface area contributed by atoms with E-state index < -0.39 is 0 Å². The van der Waals surface area contributed by atoms with E-state index in [1.807, 2.05) is 11.9 Å². The molecule has 1 rings (SSSR count). The third-order valence-electron chi connectivity index (χ3n) is 2.84. The van der Waals surface area contributed by atoms with E-state index in [0.29, 0.717) is 12.5 Å². The van der Waals surface area contributed by atoms with Crippen molar-refractivity contribution in [3.8, 4) is 0 Å². The van der Waals surface area contributed by atoms with Gasteiger partial charge in [-0.1, -0.05) is 19.8 Å². The van der Waals surface area contributed by atoms with E-state index in [-0.39, 0.29) is 5.91 Å². The summed E-state index contributed by atoms with van der Waals surface area (Å²) in [6.07, 6.45) is 5.54. The van der Waals surface area contributed by atoms with Crippen LogP contribution >= 0.6 is 0 Å². The monoisotopic (exact) mass is 198 g/mol. The molecule has 3 heteroatoms. The molecule has 82 valence electrons. The Balaban J connectivity index is 2.10. The Morgan fingerprint density at radius 3 is 2.93 bits per heavy atom. The summed E-state index contributed by atoms with van der Waals surface area (Å²) in [6, 6.07) is 0.523. The van der Waals surface area contributed by atoms with Crippen LogP contribution in [0.5, 0.6) is 0 Å². The van der Waals surface area contributed by atoms with Gasteiger partial charge >= 0.3 is 0 Å². The lowest BCUT2D eigenvalue weighted by atomic mass is 10.1. The second-order valence-electron chi connectivity index (χ2n) is 4.17. The maximum Gasteiger partial charge on any atom is 0.222 e. The zero-order valence-electron chi connectivity index (χ0n) is 9.38. The van der Waals surface area contributed by atoms with Crippen LogP contribution in [0.2, 0.25) is 0 Å². The summed E-state index contributed by atoms with van der Waals surface area (Å²) in [7, 11) is 1.89. The summed E-state index contributed by atoms with van der Waals surface area (Å²) in [5, 5.41) is 3.51. The van der Waals surface area contributed by atoms with Crippen molar-refractivity contribution in [2.75, 3.05) is 20.1 Å². The van der Waals surface area contributed by atoms with Crippen LogP contribution in [0.15, 0.2) is 0 Å². The first-order chi connectivity index (χ1) is 6.74. The molecule has 1 fully saturated rings. The third kappa shape index (κ3) is 3.66. The second kappa shape index (κ2) is 6.02. The van der Waals surface area contributed by atoms with Gasteiger partial charge in [-0.2, -0.15) is 0 Å². The standard InChI is InChI=1S/C11H22N2O/c1-3-4-5-8-12-10-6-7-11(14)13(2)9-10/h10,12H,3-9H2,1-2H3. The van der Waals surface area contributed by atoms with E-state index in [4.69, 9.17) is 0 Å². The Hall–Kier alpha value is -0.570. The molecule has 0 aromatic carbocycles. The van der Waals surface area contributed by atoms with Crippen molar-refractivity contribution in [2.45, 2.75) is 45.1 Å². The highest BCUT2D eigenvalue weighted by Crippen LogP contribution is 2.09. The van der Waals surface area contributed by atoms with Crippen LogP contribution in [0.25, 0.3) is 0 Å². The summed E-state index contributed by atoms with van der Waals surface area (Å²) in [5.74, 6) is 0.289. The molecule has 1 saturated heterocycles. The molecule has 1 unspecified atom stereocenters. The molecule has 0 aliphatic carbocycles. The van der Waals surface area contributed by atoms with Crippen LogP contribution in [-0.2, 0) is 4.79 Å². The van der Waals surface area contributed by atoms with Crippen LogP contribution in [0.4, 0.5) is 0 Å². The Morgan fingerprint density at radius 1 is 1.50 bits per heavy atom. The first-order valence-electron chi connectivity index (χ1n) is 5.71. The molecule has 1 aliphatic rings. The molecule has 1 N–H and O–H groups in total. The molecule has 3 nitrogen and oxygen atoms in total. The molecule has 1 amide bonds. The van der Waals surface area contributed by atoms with Gasteiger partial charge in [0.15, 0.2) is 0 Å². The minimum atomic E-state index is 0.289. The highest BCUT2D eigenvalue weighted by atomic mass is 16.2. The van der Waals surface area contributed by atoms with Crippen LogP contribution in [-0.4, -0.2) is 37.0 Å². The normalized spacial score (nSPS) is 22.9. The summed E-state index contributed by atoms with van der Waals surface area (Å²) >= 11 is 0. The fourth-order valence-electron chi connectivity index (χ4n) is 1.86. The lowest BCUT2D eigenvalue weighted by Crippen LogP contribution is -2.46. The molecule has 1 aliphatic heterocycles. The number of carbonyl (C=O) groups excluding carboxylic acids is 1. The summed E-state index contributed by atoms with van der Waals surface area (Å²) in [6.45, 7) is 4.19. The average Bonchev–Trinajstić information content (AvgIpc) is 2.18. The molecule has 0 aromatic heterocycles. The van der Waals surface area contributed by atoms with Gasteiger partial charge in [0, 0.05) is 26.1 Å². The van der Waals surface area contributed by atoms with Gasteiger partial charge in [-0.15, -0.1) is 0 Å². The number of nitrogens with zero attached hydrogens (tertiary/aromatic N) is 1. The molecule has 0 saturated carbocycles. The van der Waals surface area contributed by atoms with Gasteiger partial charge in [0.25, 0.3) is 0 Å². The molecule has 1 heterocycles. The Morgan fingerprint density at radius 2 is 2.29 bits per heavy atom. The molecule has 0 bridgehead atoms. The van der Waals surface area contributed by atoms with Gasteiger partial charge in [0.1, 0.15) is 0 Å². The predicted molar refractivity (Wildman–Crippen MR) is 58.2 cm³/mol. The van der Waals surface area contributed by atoms with Gasteiger partial charge in [0.05, 0.1) is 0 Å². The average molecular weight is 198 g/mol. The maximum atomic E-state index is 11.2. The summed E-state index contributed by atoms with van der Waals surface area (Å²) < 4.78 is 0. The third-order valence-corrected chi connectivity index (χ3v) is 2.84. The van der Waals surface area contributed by atoms with E-state index in [9.17, 15) is 4.79 Å². The Kier molecular flexibility index (Phi) is 4.94. The quantitative estimate of drug-likeness (QED) is 0.677. The lowest BCUT2D eigenvalue weighted by molar-refractivity contribution is -0.132. The van der Waals surface area contributed by atoms with Crippen molar-refractivity contribution < 1.29 is 4.79 Å². The minimum Gasteiger partial charge on any atom is -0.344 e. The van der Waals surface area contributed by atoms with E-state index in [0.717, 1.165) is 19.5 Å². The molecule has 0 aromatic rings. The van der Waals surface area contributed by atoms with Crippen LogP contribution in [0.1, 0.15) is 39.0 Å². The van der Waals surface area contributed by atoms with Crippen LogP contribution in [0, 0.1) is 0 Å². The lowest BCUT2D eigenvalue weighted by Gasteiger charge is -2.30. The van der Waals surface area contributed by atoms with Crippen molar-refractivity contribution in [1.29, 1.82) is 0 Å². The number of hydrogen-bond acceptors (Lipinski definition) is 2. The second-order valence-corrected chi connectivity index (χ2v) is 4.17. The number of hydrogen-bond donors (Lipinski definition) is 1. The van der Waals surface area contributed by atoms with Crippen molar-refractivity contribution >= 4 is 5.91 Å². The highest BCUT2D eigenvalue weighted by molar-refractivity contribution is 5.76. The first-order valence-corrected chi connectivity index (χ1v) is 5.71. The van der Waals surface area contributed by atoms with Gasteiger partial charge in [-0.05, 0) is 19.4 Å². The Labute approximate surface area is 86.9 Å². The number of rotatable bonds is 5. The zero-order valence-corrected chi connectivity index (χ0v) is 9.38. The summed E-state index contributed by atoms with van der Waals surface area (Å²) in [5.41, 5.74) is 0. The molecule has 1 atom stereocenters. The maximum absolute atomic E-state index is 11.2. The van der Waals surface area contributed by atoms with Gasteiger partial charge < -0.3 is 10.2 Å². The number of likely N-dealkylation sites (N-methyl/N-ethyl adjacent to an activating group) is 1. The van der Waals surface area contributed by atoms with Gasteiger partial charge in [0.2, 0.25) is 5.91 Å². The SMILES string of the molecule is CCCCCNC1CCC(=O)N(C)C1. The molecular formula is C11H22N2O. The van der Waals surface area contributed by atoms with Crippen molar-refractivity contribution in [1.82, 2.24) is 10.2 Å². The highest BCUT2D eigenvalue weighted by Gasteiger charge is 2.21. The minimum absolute atomic E-state index is 0.289. The first kappa shape index (κ1) is 11.5. The largest absolute Gasteiger partial charge is 0.344 e. The number of amides is 1. The molecule has 0 spiro atoms. The number of nitrogens with one attached hydrogen (secondary N) is 1. The molecule has 0 radical (unpaired) electrons. The number of piperidine rings is 1. The number of likely N-dealkylation sites (tertiary alicyclic amines) is 1. The van der Waals surface area contributed by atoms with Crippen molar-refractivity contribution in [3.63, 3.8) is 0 Å². The molecular weight excluding hydrogens is 176 g/mol. The van der Waals surface area contributed by atoms with E-state index in [1.54, 1.807) is 0 Å². The molecule has 14 heavy (non-hydrogen) atoms. The van der Waals surface area contributed by atoms with Crippen LogP contribution in [0.3, 0.4) is 0 Å².